The van der Waals surface area contributed by atoms with Crippen molar-refractivity contribution in [2.24, 2.45) is 0 Å². The maximum atomic E-state index is 12.9. The van der Waals surface area contributed by atoms with E-state index in [9.17, 15) is 4.79 Å². The number of ether oxygens (including phenoxy) is 1. The van der Waals surface area contributed by atoms with Gasteiger partial charge in [0.25, 0.3) is 5.91 Å². The lowest BCUT2D eigenvalue weighted by atomic mass is 10.2. The number of benzene rings is 1. The number of carbonyl (C=O) groups is 1. The van der Waals surface area contributed by atoms with Gasteiger partial charge in [0.1, 0.15) is 10.7 Å². The highest BCUT2D eigenvalue weighted by Gasteiger charge is 2.28. The minimum absolute atomic E-state index is 0.00217. The zero-order valence-corrected chi connectivity index (χ0v) is 16.8. The number of nitrogens with zero attached hydrogens (tertiary/aromatic N) is 3. The quantitative estimate of drug-likeness (QED) is 0.670. The van der Waals surface area contributed by atoms with E-state index in [-0.39, 0.29) is 18.1 Å². The van der Waals surface area contributed by atoms with Gasteiger partial charge in [0, 0.05) is 35.9 Å². The molecule has 1 aliphatic heterocycles. The molecule has 5 nitrogen and oxygen atoms in total. The van der Waals surface area contributed by atoms with Crippen LogP contribution in [0.1, 0.15) is 37.7 Å². The highest BCUT2D eigenvalue weighted by atomic mass is 32.1. The van der Waals surface area contributed by atoms with Crippen molar-refractivity contribution < 1.29 is 9.53 Å². The summed E-state index contributed by atoms with van der Waals surface area (Å²) in [6.07, 6.45) is 1.16. The van der Waals surface area contributed by atoms with E-state index in [2.05, 4.69) is 41.8 Å². The summed E-state index contributed by atoms with van der Waals surface area (Å²) in [6, 6.07) is 10.6. The van der Waals surface area contributed by atoms with Crippen molar-refractivity contribution in [2.75, 3.05) is 13.1 Å². The van der Waals surface area contributed by atoms with E-state index in [1.54, 1.807) is 11.3 Å². The number of thiazole rings is 1. The van der Waals surface area contributed by atoms with Gasteiger partial charge < -0.3 is 14.2 Å². The maximum Gasteiger partial charge on any atom is 0.273 e. The van der Waals surface area contributed by atoms with Gasteiger partial charge in [-0.3, -0.25) is 4.79 Å². The monoisotopic (exact) mass is 383 g/mol. The summed E-state index contributed by atoms with van der Waals surface area (Å²) in [5.74, 6) is -0.00217. The molecule has 6 heteroatoms. The molecule has 3 heterocycles. The van der Waals surface area contributed by atoms with E-state index in [0.717, 1.165) is 23.7 Å². The second-order valence-corrected chi connectivity index (χ2v) is 8.10. The average molecular weight is 384 g/mol. The van der Waals surface area contributed by atoms with E-state index in [1.807, 2.05) is 24.1 Å². The Hall–Kier alpha value is -2.18. The van der Waals surface area contributed by atoms with Crippen LogP contribution in [0, 0.1) is 0 Å². The topological polar surface area (TPSA) is 47.4 Å². The number of hydrogen-bond donors (Lipinski definition) is 0. The molecule has 2 aromatic heterocycles. The van der Waals surface area contributed by atoms with E-state index >= 15 is 0 Å². The molecule has 1 aromatic carbocycles. The van der Waals surface area contributed by atoms with Gasteiger partial charge in [0.05, 0.1) is 17.9 Å². The molecule has 0 radical (unpaired) electrons. The van der Waals surface area contributed by atoms with Gasteiger partial charge in [0.2, 0.25) is 0 Å². The van der Waals surface area contributed by atoms with Crippen molar-refractivity contribution in [3.05, 3.63) is 41.4 Å². The van der Waals surface area contributed by atoms with Gasteiger partial charge >= 0.3 is 0 Å². The molecule has 0 N–H and O–H groups in total. The molecule has 1 amide bonds. The molecular weight excluding hydrogens is 358 g/mol. The maximum absolute atomic E-state index is 12.9. The van der Waals surface area contributed by atoms with Gasteiger partial charge in [-0.1, -0.05) is 25.1 Å². The van der Waals surface area contributed by atoms with Crippen molar-refractivity contribution in [3.63, 3.8) is 0 Å². The van der Waals surface area contributed by atoms with Crippen LogP contribution in [0.2, 0.25) is 0 Å². The number of rotatable bonds is 4. The van der Waals surface area contributed by atoms with Crippen LogP contribution in [-0.2, 0) is 11.3 Å². The molecule has 1 fully saturated rings. The molecule has 0 aliphatic carbocycles. The van der Waals surface area contributed by atoms with E-state index in [4.69, 9.17) is 9.72 Å². The Morgan fingerprint density at radius 2 is 2.00 bits per heavy atom. The Kier molecular flexibility index (Phi) is 5.02. The standard InChI is InChI=1S/C21H25N3O2S/c1-4-9-24-18-8-6-5-7-16(18)10-19(24)20-22-17(13-27-20)21(25)23-11-14(2)26-15(3)12-23/h5-8,10,13-15H,4,9,11-12H2,1-3H3. The third-order valence-corrected chi connectivity index (χ3v) is 5.77. The van der Waals surface area contributed by atoms with Crippen molar-refractivity contribution in [2.45, 2.75) is 45.9 Å². The van der Waals surface area contributed by atoms with Crippen molar-refractivity contribution in [3.8, 4) is 10.7 Å². The van der Waals surface area contributed by atoms with E-state index < -0.39 is 0 Å². The summed E-state index contributed by atoms with van der Waals surface area (Å²) in [5.41, 5.74) is 2.84. The predicted octanol–water partition coefficient (Wildman–Crippen LogP) is 4.42. The summed E-state index contributed by atoms with van der Waals surface area (Å²) in [5, 5.41) is 3.99. The summed E-state index contributed by atoms with van der Waals surface area (Å²) in [4.78, 5) is 19.5. The number of hydrogen-bond acceptors (Lipinski definition) is 4. The lowest BCUT2D eigenvalue weighted by Gasteiger charge is -2.34. The zero-order valence-electron chi connectivity index (χ0n) is 16.0. The second-order valence-electron chi connectivity index (χ2n) is 7.25. The van der Waals surface area contributed by atoms with Gasteiger partial charge in [-0.25, -0.2) is 4.98 Å². The van der Waals surface area contributed by atoms with Crippen LogP contribution in [0.4, 0.5) is 0 Å². The lowest BCUT2D eigenvalue weighted by Crippen LogP contribution is -2.48. The molecular formula is C21H25N3O2S. The molecule has 2 unspecified atom stereocenters. The summed E-state index contributed by atoms with van der Waals surface area (Å²) >= 11 is 1.54. The number of aryl methyl sites for hydroxylation is 1. The third kappa shape index (κ3) is 3.51. The molecule has 0 spiro atoms. The Morgan fingerprint density at radius 3 is 2.74 bits per heavy atom. The first-order chi connectivity index (χ1) is 13.1. The number of para-hydroxylation sites is 1. The van der Waals surface area contributed by atoms with Gasteiger partial charge in [-0.15, -0.1) is 11.3 Å². The molecule has 0 saturated carbocycles. The smallest absolute Gasteiger partial charge is 0.273 e. The first kappa shape index (κ1) is 18.2. The highest BCUT2D eigenvalue weighted by molar-refractivity contribution is 7.13. The number of fused-ring (bicyclic) bond motifs is 1. The Balaban J connectivity index is 1.66. The normalized spacial score (nSPS) is 20.3. The Labute approximate surface area is 163 Å². The first-order valence-corrected chi connectivity index (χ1v) is 10.4. The Morgan fingerprint density at radius 1 is 1.26 bits per heavy atom. The van der Waals surface area contributed by atoms with Crippen molar-refractivity contribution in [1.29, 1.82) is 0 Å². The van der Waals surface area contributed by atoms with E-state index in [1.165, 1.54) is 10.9 Å². The number of carbonyl (C=O) groups excluding carboxylic acids is 1. The fourth-order valence-electron chi connectivity index (χ4n) is 3.85. The van der Waals surface area contributed by atoms with Gasteiger partial charge in [-0.05, 0) is 32.4 Å². The van der Waals surface area contributed by atoms with E-state index in [0.29, 0.717) is 18.8 Å². The molecule has 1 saturated heterocycles. The van der Waals surface area contributed by atoms with Gasteiger partial charge in [0.15, 0.2) is 0 Å². The van der Waals surface area contributed by atoms with Gasteiger partial charge in [-0.2, -0.15) is 0 Å². The fraction of sp³-hybridized carbons (Fsp3) is 0.429. The fourth-order valence-corrected chi connectivity index (χ4v) is 4.67. The zero-order chi connectivity index (χ0) is 19.0. The number of amides is 1. The Bertz CT molecular complexity index is 951. The molecule has 27 heavy (non-hydrogen) atoms. The average Bonchev–Trinajstić information content (AvgIpc) is 3.26. The van der Waals surface area contributed by atoms with Crippen LogP contribution in [0.25, 0.3) is 21.6 Å². The van der Waals surface area contributed by atoms with Crippen LogP contribution in [0.3, 0.4) is 0 Å². The lowest BCUT2D eigenvalue weighted by molar-refractivity contribution is -0.0587. The van der Waals surface area contributed by atoms with Crippen LogP contribution in [0.15, 0.2) is 35.7 Å². The predicted molar refractivity (Wildman–Crippen MR) is 109 cm³/mol. The molecule has 2 atom stereocenters. The van der Waals surface area contributed by atoms with Crippen LogP contribution < -0.4 is 0 Å². The SMILES string of the molecule is CCCn1c(-c2nc(C(=O)N3CC(C)OC(C)C3)cs2)cc2ccccc21. The minimum atomic E-state index is -0.00217. The molecule has 0 bridgehead atoms. The van der Waals surface area contributed by atoms with Crippen molar-refractivity contribution in [1.82, 2.24) is 14.5 Å². The third-order valence-electron chi connectivity index (χ3n) is 4.91. The summed E-state index contributed by atoms with van der Waals surface area (Å²) < 4.78 is 8.05. The largest absolute Gasteiger partial charge is 0.372 e. The molecule has 142 valence electrons. The first-order valence-electron chi connectivity index (χ1n) is 9.55. The molecule has 1 aliphatic rings. The summed E-state index contributed by atoms with van der Waals surface area (Å²) in [6.45, 7) is 8.36. The van der Waals surface area contributed by atoms with Crippen LogP contribution in [-0.4, -0.2) is 45.7 Å². The molecule has 3 aromatic rings. The number of aromatic nitrogens is 2. The molecule has 4 rings (SSSR count). The summed E-state index contributed by atoms with van der Waals surface area (Å²) in [7, 11) is 0. The second kappa shape index (κ2) is 7.44. The van der Waals surface area contributed by atoms with Crippen molar-refractivity contribution >= 4 is 28.1 Å². The minimum Gasteiger partial charge on any atom is -0.372 e. The number of morpholine rings is 1. The van der Waals surface area contributed by atoms with Crippen LogP contribution in [0.5, 0.6) is 0 Å². The highest BCUT2D eigenvalue weighted by Crippen LogP contribution is 2.31. The van der Waals surface area contributed by atoms with Crippen LogP contribution >= 0.6 is 11.3 Å².